The fraction of sp³-hybridized carbons (Fsp3) is 0.0909. The number of rotatable bonds is 5. The van der Waals surface area contributed by atoms with Gasteiger partial charge in [-0.25, -0.2) is 9.78 Å². The Bertz CT molecular complexity index is 777. The summed E-state index contributed by atoms with van der Waals surface area (Å²) >= 11 is 1.09. The van der Waals surface area contributed by atoms with Gasteiger partial charge in [-0.1, -0.05) is 5.16 Å². The lowest BCUT2D eigenvalue weighted by Crippen LogP contribution is -2.25. The molecule has 2 heterocycles. The molecule has 2 rings (SSSR count). The molecule has 0 fully saturated rings. The van der Waals surface area contributed by atoms with Crippen LogP contribution in [0.15, 0.2) is 27.1 Å². The third-order valence-corrected chi connectivity index (χ3v) is 3.21. The second kappa shape index (κ2) is 6.13. The molecule has 2 N–H and O–H groups in total. The van der Waals surface area contributed by atoms with Crippen molar-refractivity contribution in [3.8, 4) is 0 Å². The maximum atomic E-state index is 11.6. The van der Waals surface area contributed by atoms with Crippen molar-refractivity contribution in [1.82, 2.24) is 4.98 Å². The average molecular weight is 324 g/mol. The van der Waals surface area contributed by atoms with E-state index in [9.17, 15) is 19.7 Å². The highest BCUT2D eigenvalue weighted by atomic mass is 32.1. The summed E-state index contributed by atoms with van der Waals surface area (Å²) in [5.41, 5.74) is 5.44. The summed E-state index contributed by atoms with van der Waals surface area (Å²) in [6.45, 7) is 1.70. The van der Waals surface area contributed by atoms with Crippen LogP contribution < -0.4 is 5.73 Å². The van der Waals surface area contributed by atoms with Crippen molar-refractivity contribution in [2.45, 2.75) is 6.92 Å². The van der Waals surface area contributed by atoms with Crippen LogP contribution in [0.1, 0.15) is 21.3 Å². The number of carbonyl (C=O) groups is 2. The Morgan fingerprint density at radius 2 is 2.23 bits per heavy atom. The summed E-state index contributed by atoms with van der Waals surface area (Å²) in [7, 11) is 0. The summed E-state index contributed by atoms with van der Waals surface area (Å²) in [6.07, 6.45) is 0. The molecule has 0 aliphatic carbocycles. The molecule has 11 heteroatoms. The van der Waals surface area contributed by atoms with Gasteiger partial charge in [0.15, 0.2) is 5.01 Å². The standard InChI is InChI=1S/C11H8N4O6S/c1-5-4-22-10(13-5)8(9(12)16)14-21-11(17)6-2-3-7(20-6)15(18)19/h2-4H,1H3,(H2,12,16). The molecule has 0 spiro atoms. The number of nitro groups is 1. The normalized spacial score (nSPS) is 11.2. The number of carbonyl (C=O) groups excluding carboxylic acids is 2. The van der Waals surface area contributed by atoms with Crippen molar-refractivity contribution in [2.24, 2.45) is 10.9 Å². The van der Waals surface area contributed by atoms with Crippen LogP contribution in [0.2, 0.25) is 0 Å². The first-order valence-corrected chi connectivity index (χ1v) is 6.52. The van der Waals surface area contributed by atoms with Gasteiger partial charge in [0.25, 0.3) is 5.91 Å². The minimum Gasteiger partial charge on any atom is -0.393 e. The first-order valence-electron chi connectivity index (χ1n) is 5.64. The zero-order chi connectivity index (χ0) is 16.3. The monoisotopic (exact) mass is 324 g/mol. The predicted octanol–water partition coefficient (Wildman–Crippen LogP) is 0.999. The number of amides is 1. The highest BCUT2D eigenvalue weighted by Crippen LogP contribution is 2.17. The van der Waals surface area contributed by atoms with Crippen molar-refractivity contribution >= 4 is 34.8 Å². The first kappa shape index (κ1) is 15.3. The Labute approximate surface area is 126 Å². The van der Waals surface area contributed by atoms with Gasteiger partial charge in [0.2, 0.25) is 11.5 Å². The fourth-order valence-corrected chi connectivity index (χ4v) is 2.10. The SMILES string of the molecule is Cc1csc(C(=NOC(=O)c2ccc([N+](=O)[O-])o2)C(N)=O)n1. The molecule has 0 aliphatic rings. The molecule has 0 aromatic carbocycles. The number of oxime groups is 1. The van der Waals surface area contributed by atoms with Crippen LogP contribution in [0.25, 0.3) is 0 Å². The summed E-state index contributed by atoms with van der Waals surface area (Å²) in [4.78, 5) is 41.1. The molecule has 10 nitrogen and oxygen atoms in total. The molecule has 1 amide bonds. The second-order valence-electron chi connectivity index (χ2n) is 3.87. The molecule has 0 radical (unpaired) electrons. The molecule has 114 valence electrons. The Hall–Kier alpha value is -3.08. The van der Waals surface area contributed by atoms with E-state index < -0.39 is 28.4 Å². The highest BCUT2D eigenvalue weighted by Gasteiger charge is 2.21. The van der Waals surface area contributed by atoms with Gasteiger partial charge in [-0.2, -0.15) is 0 Å². The fourth-order valence-electron chi connectivity index (χ4n) is 1.32. The van der Waals surface area contributed by atoms with E-state index in [1.807, 2.05) is 0 Å². The Morgan fingerprint density at radius 3 is 2.73 bits per heavy atom. The molecule has 0 unspecified atom stereocenters. The van der Waals surface area contributed by atoms with E-state index in [0.29, 0.717) is 5.69 Å². The van der Waals surface area contributed by atoms with Gasteiger partial charge in [-0.3, -0.25) is 14.9 Å². The van der Waals surface area contributed by atoms with Crippen LogP contribution in [0.3, 0.4) is 0 Å². The summed E-state index contributed by atoms with van der Waals surface area (Å²) in [5, 5.41) is 15.6. The van der Waals surface area contributed by atoms with E-state index in [1.165, 1.54) is 0 Å². The molecule has 0 aliphatic heterocycles. The maximum absolute atomic E-state index is 11.6. The van der Waals surface area contributed by atoms with Crippen molar-refractivity contribution in [1.29, 1.82) is 0 Å². The van der Waals surface area contributed by atoms with Crippen LogP contribution in [-0.2, 0) is 9.63 Å². The largest absolute Gasteiger partial charge is 0.433 e. The molecular weight excluding hydrogens is 316 g/mol. The number of furan rings is 1. The lowest BCUT2D eigenvalue weighted by atomic mass is 10.4. The predicted molar refractivity (Wildman–Crippen MR) is 73.4 cm³/mol. The molecule has 2 aromatic rings. The van der Waals surface area contributed by atoms with Crippen molar-refractivity contribution in [2.75, 3.05) is 0 Å². The summed E-state index contributed by atoms with van der Waals surface area (Å²) in [6, 6.07) is 2.03. The van der Waals surface area contributed by atoms with Gasteiger partial charge in [-0.15, -0.1) is 11.3 Å². The minimum atomic E-state index is -1.11. The second-order valence-corrected chi connectivity index (χ2v) is 4.73. The van der Waals surface area contributed by atoms with Crippen LogP contribution in [0.4, 0.5) is 5.88 Å². The molecule has 0 bridgehead atoms. The van der Waals surface area contributed by atoms with E-state index in [-0.39, 0.29) is 10.7 Å². The number of aryl methyl sites for hydroxylation is 1. The lowest BCUT2D eigenvalue weighted by Gasteiger charge is -1.97. The van der Waals surface area contributed by atoms with Gasteiger partial charge in [0, 0.05) is 11.1 Å². The zero-order valence-electron chi connectivity index (χ0n) is 11.0. The average Bonchev–Trinajstić information content (AvgIpc) is 3.07. The minimum absolute atomic E-state index is 0.184. The van der Waals surface area contributed by atoms with E-state index in [2.05, 4.69) is 19.4 Å². The van der Waals surface area contributed by atoms with Gasteiger partial charge in [0.1, 0.15) is 4.92 Å². The topological polar surface area (TPSA) is 151 Å². The Morgan fingerprint density at radius 1 is 1.50 bits per heavy atom. The summed E-state index contributed by atoms with van der Waals surface area (Å²) < 4.78 is 4.64. The van der Waals surface area contributed by atoms with E-state index in [1.54, 1.807) is 12.3 Å². The third-order valence-electron chi connectivity index (χ3n) is 2.25. The zero-order valence-corrected chi connectivity index (χ0v) is 11.8. The quantitative estimate of drug-likeness (QED) is 0.373. The molecular formula is C11H8N4O6S. The number of nitrogens with zero attached hydrogens (tertiary/aromatic N) is 3. The number of hydrogen-bond acceptors (Lipinski definition) is 9. The molecule has 2 aromatic heterocycles. The van der Waals surface area contributed by atoms with Gasteiger partial charge in [0.05, 0.1) is 6.07 Å². The van der Waals surface area contributed by atoms with Crippen molar-refractivity contribution in [3.05, 3.63) is 44.1 Å². The van der Waals surface area contributed by atoms with Crippen molar-refractivity contribution in [3.63, 3.8) is 0 Å². The van der Waals surface area contributed by atoms with Gasteiger partial charge >= 0.3 is 11.9 Å². The van der Waals surface area contributed by atoms with Crippen LogP contribution in [0, 0.1) is 17.0 Å². The van der Waals surface area contributed by atoms with Crippen LogP contribution >= 0.6 is 11.3 Å². The molecule has 0 saturated heterocycles. The molecule has 22 heavy (non-hydrogen) atoms. The number of nitrogens with two attached hydrogens (primary N) is 1. The van der Waals surface area contributed by atoms with E-state index in [4.69, 9.17) is 5.73 Å². The third kappa shape index (κ3) is 3.32. The first-order chi connectivity index (χ1) is 10.4. The van der Waals surface area contributed by atoms with E-state index >= 15 is 0 Å². The Balaban J connectivity index is 2.18. The van der Waals surface area contributed by atoms with Gasteiger partial charge in [-0.05, 0) is 13.0 Å². The number of aromatic nitrogens is 1. The van der Waals surface area contributed by atoms with Crippen molar-refractivity contribution < 1.29 is 23.8 Å². The van der Waals surface area contributed by atoms with Crippen LogP contribution in [-0.4, -0.2) is 27.5 Å². The smallest absolute Gasteiger partial charge is 0.393 e. The molecule has 0 atom stereocenters. The Kier molecular flexibility index (Phi) is 4.27. The lowest BCUT2D eigenvalue weighted by molar-refractivity contribution is -0.402. The highest BCUT2D eigenvalue weighted by molar-refractivity contribution is 7.12. The summed E-state index contributed by atoms with van der Waals surface area (Å²) in [5.74, 6) is -3.11. The van der Waals surface area contributed by atoms with E-state index in [0.717, 1.165) is 23.5 Å². The number of thiazole rings is 1. The van der Waals surface area contributed by atoms with Crippen LogP contribution in [0.5, 0.6) is 0 Å². The number of hydrogen-bond donors (Lipinski definition) is 1. The molecule has 0 saturated carbocycles. The maximum Gasteiger partial charge on any atom is 0.433 e. The number of primary amides is 1. The van der Waals surface area contributed by atoms with Gasteiger partial charge < -0.3 is 15.0 Å².